The van der Waals surface area contributed by atoms with E-state index < -0.39 is 0 Å². The molecule has 3 heteroatoms. The van der Waals surface area contributed by atoms with Gasteiger partial charge in [0.15, 0.2) is 6.23 Å². The lowest BCUT2D eigenvalue weighted by Gasteiger charge is -2.24. The number of rotatable bonds is 4. The molecule has 1 atom stereocenters. The van der Waals surface area contributed by atoms with E-state index in [4.69, 9.17) is 4.74 Å². The summed E-state index contributed by atoms with van der Waals surface area (Å²) >= 11 is 0. The van der Waals surface area contributed by atoms with Crippen LogP contribution in [0.25, 0.3) is 0 Å². The van der Waals surface area contributed by atoms with Crippen molar-refractivity contribution in [2.24, 2.45) is 0 Å². The first-order valence-electron chi connectivity index (χ1n) is 3.86. The van der Waals surface area contributed by atoms with Crippen LogP contribution < -0.4 is 0 Å². The van der Waals surface area contributed by atoms with E-state index in [9.17, 15) is 4.79 Å². The summed E-state index contributed by atoms with van der Waals surface area (Å²) in [6.07, 6.45) is -0.345. The van der Waals surface area contributed by atoms with Gasteiger partial charge in [0.1, 0.15) is 0 Å². The molecule has 1 unspecified atom stereocenters. The summed E-state index contributed by atoms with van der Waals surface area (Å²) in [6, 6.07) is 0. The summed E-state index contributed by atoms with van der Waals surface area (Å²) in [5, 5.41) is 0. The quantitative estimate of drug-likeness (QED) is 0.452. The van der Waals surface area contributed by atoms with Crippen molar-refractivity contribution < 1.29 is 9.53 Å². The van der Waals surface area contributed by atoms with E-state index >= 15 is 0 Å². The molecule has 0 spiro atoms. The van der Waals surface area contributed by atoms with Gasteiger partial charge in [0.05, 0.1) is 0 Å². The monoisotopic (exact) mass is 158 g/mol. The van der Waals surface area contributed by atoms with Crippen LogP contribution in [-0.2, 0) is 9.53 Å². The van der Waals surface area contributed by atoms with E-state index in [2.05, 4.69) is 6.92 Å². The SMILES string of the molecule is [CH2]C(OC(C)=O)N(CC)CC. The van der Waals surface area contributed by atoms with E-state index in [0.29, 0.717) is 0 Å². The van der Waals surface area contributed by atoms with Gasteiger partial charge in [-0.25, -0.2) is 0 Å². The number of ether oxygens (including phenoxy) is 1. The molecule has 0 rings (SSSR count). The van der Waals surface area contributed by atoms with Crippen molar-refractivity contribution >= 4 is 5.97 Å². The summed E-state index contributed by atoms with van der Waals surface area (Å²) in [5.74, 6) is -0.281. The largest absolute Gasteiger partial charge is 0.447 e. The topological polar surface area (TPSA) is 29.5 Å². The van der Waals surface area contributed by atoms with Gasteiger partial charge in [-0.15, -0.1) is 0 Å². The fourth-order valence-corrected chi connectivity index (χ4v) is 0.897. The standard InChI is InChI=1S/C8H16NO2/c1-5-9(6-2)7(3)11-8(4)10/h7H,3,5-6H2,1-2,4H3. The average molecular weight is 158 g/mol. The van der Waals surface area contributed by atoms with Gasteiger partial charge >= 0.3 is 5.97 Å². The Morgan fingerprint density at radius 1 is 1.55 bits per heavy atom. The second kappa shape index (κ2) is 5.13. The lowest BCUT2D eigenvalue weighted by atomic mass is 10.4. The van der Waals surface area contributed by atoms with Gasteiger partial charge in [-0.2, -0.15) is 0 Å². The summed E-state index contributed by atoms with van der Waals surface area (Å²) < 4.78 is 4.87. The molecule has 0 saturated heterocycles. The molecule has 0 aliphatic heterocycles. The van der Waals surface area contributed by atoms with Crippen molar-refractivity contribution in [2.75, 3.05) is 13.1 Å². The van der Waals surface area contributed by atoms with E-state index in [1.165, 1.54) is 6.92 Å². The fourth-order valence-electron chi connectivity index (χ4n) is 0.897. The summed E-state index contributed by atoms with van der Waals surface area (Å²) in [6.45, 7) is 10.8. The van der Waals surface area contributed by atoms with Crippen LogP contribution in [0.5, 0.6) is 0 Å². The average Bonchev–Trinajstić information content (AvgIpc) is 1.88. The first kappa shape index (κ1) is 10.4. The van der Waals surface area contributed by atoms with Gasteiger partial charge in [-0.1, -0.05) is 13.8 Å². The van der Waals surface area contributed by atoms with Crippen molar-refractivity contribution in [3.8, 4) is 0 Å². The smallest absolute Gasteiger partial charge is 0.304 e. The fraction of sp³-hybridized carbons (Fsp3) is 0.750. The number of carbonyl (C=O) groups excluding carboxylic acids is 1. The minimum absolute atomic E-state index is 0.281. The van der Waals surface area contributed by atoms with Crippen LogP contribution in [0.2, 0.25) is 0 Å². The van der Waals surface area contributed by atoms with Crippen LogP contribution in [0.15, 0.2) is 0 Å². The molecule has 0 heterocycles. The highest BCUT2D eigenvalue weighted by Crippen LogP contribution is 1.99. The number of hydrogen-bond acceptors (Lipinski definition) is 3. The van der Waals surface area contributed by atoms with Crippen LogP contribution in [0.3, 0.4) is 0 Å². The Bertz CT molecular complexity index is 121. The highest BCUT2D eigenvalue weighted by Gasteiger charge is 2.11. The molecule has 0 aromatic heterocycles. The van der Waals surface area contributed by atoms with E-state index in [1.54, 1.807) is 0 Å². The number of hydrogen-bond donors (Lipinski definition) is 0. The molecule has 0 fully saturated rings. The van der Waals surface area contributed by atoms with Crippen LogP contribution in [0.1, 0.15) is 20.8 Å². The zero-order chi connectivity index (χ0) is 8.85. The first-order valence-corrected chi connectivity index (χ1v) is 3.86. The van der Waals surface area contributed by atoms with Gasteiger partial charge in [-0.3, -0.25) is 9.69 Å². The molecule has 0 aliphatic rings. The van der Waals surface area contributed by atoms with Crippen molar-refractivity contribution in [3.05, 3.63) is 6.92 Å². The van der Waals surface area contributed by atoms with Crippen LogP contribution in [0.4, 0.5) is 0 Å². The van der Waals surface area contributed by atoms with Crippen molar-refractivity contribution in [2.45, 2.75) is 27.0 Å². The second-order valence-corrected chi connectivity index (χ2v) is 2.29. The van der Waals surface area contributed by atoms with Crippen molar-refractivity contribution in [1.82, 2.24) is 4.90 Å². The maximum absolute atomic E-state index is 10.5. The number of esters is 1. The summed E-state index contributed by atoms with van der Waals surface area (Å²) in [4.78, 5) is 12.5. The van der Waals surface area contributed by atoms with Gasteiger partial charge < -0.3 is 4.74 Å². The maximum atomic E-state index is 10.5. The molecule has 0 aromatic rings. The lowest BCUT2D eigenvalue weighted by molar-refractivity contribution is -0.151. The van der Waals surface area contributed by atoms with Gasteiger partial charge in [0, 0.05) is 13.8 Å². The predicted molar refractivity (Wildman–Crippen MR) is 43.8 cm³/mol. The Balaban J connectivity index is 3.78. The molecule has 3 nitrogen and oxygen atoms in total. The van der Waals surface area contributed by atoms with E-state index in [0.717, 1.165) is 13.1 Å². The Morgan fingerprint density at radius 3 is 2.27 bits per heavy atom. The predicted octanol–water partition coefficient (Wildman–Crippen LogP) is 1.05. The molecule has 1 radical (unpaired) electrons. The van der Waals surface area contributed by atoms with Crippen molar-refractivity contribution in [3.63, 3.8) is 0 Å². The van der Waals surface area contributed by atoms with Crippen molar-refractivity contribution in [1.29, 1.82) is 0 Å². The first-order chi connectivity index (χ1) is 5.11. The number of carbonyl (C=O) groups is 1. The van der Waals surface area contributed by atoms with Crippen LogP contribution in [0, 0.1) is 6.92 Å². The van der Waals surface area contributed by atoms with Crippen LogP contribution >= 0.6 is 0 Å². The third kappa shape index (κ3) is 3.98. The molecule has 0 aromatic carbocycles. The van der Waals surface area contributed by atoms with Gasteiger partial charge in [0.2, 0.25) is 0 Å². The minimum Gasteiger partial charge on any atom is -0.447 e. The Labute approximate surface area is 68.3 Å². The molecular weight excluding hydrogens is 142 g/mol. The zero-order valence-corrected chi connectivity index (χ0v) is 7.46. The minimum atomic E-state index is -0.345. The number of nitrogens with zero attached hydrogens (tertiary/aromatic N) is 1. The van der Waals surface area contributed by atoms with Crippen LogP contribution in [-0.4, -0.2) is 30.2 Å². The molecule has 0 aliphatic carbocycles. The second-order valence-electron chi connectivity index (χ2n) is 2.29. The Hall–Kier alpha value is -0.570. The highest BCUT2D eigenvalue weighted by atomic mass is 16.6. The Kier molecular flexibility index (Phi) is 4.86. The molecule has 0 amide bonds. The normalized spacial score (nSPS) is 13.2. The lowest BCUT2D eigenvalue weighted by Crippen LogP contribution is -2.36. The van der Waals surface area contributed by atoms with E-state index in [-0.39, 0.29) is 12.2 Å². The molecule has 11 heavy (non-hydrogen) atoms. The van der Waals surface area contributed by atoms with Gasteiger partial charge in [-0.05, 0) is 13.1 Å². The molecule has 65 valence electrons. The van der Waals surface area contributed by atoms with Gasteiger partial charge in [0.25, 0.3) is 0 Å². The molecular formula is C8H16NO2. The highest BCUT2D eigenvalue weighted by molar-refractivity contribution is 5.66. The zero-order valence-electron chi connectivity index (χ0n) is 7.46. The third-order valence-electron chi connectivity index (χ3n) is 1.52. The summed E-state index contributed by atoms with van der Waals surface area (Å²) in [7, 11) is 0. The summed E-state index contributed by atoms with van der Waals surface area (Å²) in [5.41, 5.74) is 0. The van der Waals surface area contributed by atoms with E-state index in [1.807, 2.05) is 18.7 Å². The Morgan fingerprint density at radius 2 is 2.00 bits per heavy atom. The maximum Gasteiger partial charge on any atom is 0.304 e. The molecule has 0 bridgehead atoms. The molecule has 0 saturated carbocycles. The third-order valence-corrected chi connectivity index (χ3v) is 1.52. The molecule has 0 N–H and O–H groups in total.